The van der Waals surface area contributed by atoms with Crippen LogP contribution < -0.4 is 0 Å². The van der Waals surface area contributed by atoms with Crippen LogP contribution in [0.5, 0.6) is 0 Å². The third kappa shape index (κ3) is 0.0495. The molecule has 0 amide bonds. The number of hydrogen-bond acceptors (Lipinski definition) is 4. The van der Waals surface area contributed by atoms with Crippen molar-refractivity contribution in [3.05, 3.63) is 0 Å². The first-order valence-electron chi connectivity index (χ1n) is 6.44. The van der Waals surface area contributed by atoms with Crippen LogP contribution in [0.2, 0.25) is 38.5 Å². The molecular formula is C12H8FeN2O2. The average molecular weight is 268 g/mol. The van der Waals surface area contributed by atoms with Gasteiger partial charge in [0.05, 0.1) is 0 Å². The maximum absolute atomic E-state index is 10.9. The predicted molar refractivity (Wildman–Crippen MR) is 51.7 cm³/mol. The minimum absolute atomic E-state index is 0.135. The van der Waals surface area contributed by atoms with Crippen molar-refractivity contribution < 1.29 is 16.1 Å². The summed E-state index contributed by atoms with van der Waals surface area (Å²) in [4.78, 5) is 38.0. The van der Waals surface area contributed by atoms with E-state index in [0.29, 0.717) is 0 Å². The zero-order chi connectivity index (χ0) is 10.8. The van der Waals surface area contributed by atoms with Crippen molar-refractivity contribution in [3.63, 3.8) is 0 Å². The molecule has 0 saturated carbocycles. The van der Waals surface area contributed by atoms with Gasteiger partial charge in [-0.2, -0.15) is 0 Å². The summed E-state index contributed by atoms with van der Waals surface area (Å²) in [6, 6.07) is 0. The Morgan fingerprint density at radius 3 is 1.35 bits per heavy atom. The molecule has 0 aromatic rings. The number of carbonyl (C=O) groups excluding carboxylic acids is 2. The van der Waals surface area contributed by atoms with Gasteiger partial charge in [0.15, 0.2) is 0 Å². The molecule has 8 atom stereocenters. The minimum atomic E-state index is -3.65. The van der Waals surface area contributed by atoms with Gasteiger partial charge in [0.2, 0.25) is 0 Å². The van der Waals surface area contributed by atoms with E-state index in [9.17, 15) is 9.59 Å². The zero-order valence-electron chi connectivity index (χ0n) is 8.68. The molecule has 10 saturated heterocycles. The van der Waals surface area contributed by atoms with Gasteiger partial charge in [-0.15, -0.1) is 0 Å². The van der Waals surface area contributed by atoms with Crippen LogP contribution in [0.3, 0.4) is 0 Å². The summed E-state index contributed by atoms with van der Waals surface area (Å²) in [5.41, 5.74) is 0. The van der Waals surface area contributed by atoms with Crippen molar-refractivity contribution in [1.29, 1.82) is 0 Å². The van der Waals surface area contributed by atoms with Crippen LogP contribution >= 0.6 is 0 Å². The van der Waals surface area contributed by atoms with Gasteiger partial charge in [0.25, 0.3) is 0 Å². The van der Waals surface area contributed by atoms with Gasteiger partial charge in [-0.1, -0.05) is 0 Å². The van der Waals surface area contributed by atoms with Crippen molar-refractivity contribution >= 4 is 12.2 Å². The third-order valence-corrected chi connectivity index (χ3v) is 57.1. The standard InChI is InChI=1S/2C6H4NO.Fe/c2*8-5-7-6-3-1-2-4-6;/h2*1-4H;. The molecule has 10 heterocycles. The summed E-state index contributed by atoms with van der Waals surface area (Å²) in [7, 11) is 0. The molecule has 5 heteroatoms. The summed E-state index contributed by atoms with van der Waals surface area (Å²) in [6.45, 7) is -3.65. The molecule has 17 heavy (non-hydrogen) atoms. The van der Waals surface area contributed by atoms with Gasteiger partial charge in [0, 0.05) is 0 Å². The van der Waals surface area contributed by atoms with Gasteiger partial charge >= 0.3 is 85.6 Å². The van der Waals surface area contributed by atoms with Crippen molar-refractivity contribution in [1.82, 2.24) is 0 Å². The number of rotatable bonds is 2. The predicted octanol–water partition coefficient (Wildman–Crippen LogP) is 1.86. The normalized spacial score (nSPS) is 122. The summed E-state index contributed by atoms with van der Waals surface area (Å²) < 4.78 is 0.271. The van der Waals surface area contributed by atoms with Crippen molar-refractivity contribution in [2.45, 2.75) is 47.4 Å². The van der Waals surface area contributed by atoms with E-state index in [0.717, 1.165) is 38.5 Å². The van der Waals surface area contributed by atoms with Crippen molar-refractivity contribution in [2.75, 3.05) is 0 Å². The van der Waals surface area contributed by atoms with E-state index >= 15 is 0 Å². The molecule has 1 spiro atoms. The van der Waals surface area contributed by atoms with Gasteiger partial charge in [-0.25, -0.2) is 0 Å². The SMILES string of the molecule is O=C=N[C]12[CH]3[CH]4[CH]5[CH]1[Fe]45321678[CH]2[CH]1[CH]6[C]7(N=C=O)[CH]28. The number of fused-ring (bicyclic) bond motifs is 10. The first kappa shape index (κ1) is 5.95. The summed E-state index contributed by atoms with van der Waals surface area (Å²) in [6.07, 6.45) is 3.84. The Kier molecular flexibility index (Phi) is 0.153. The van der Waals surface area contributed by atoms with Crippen LogP contribution in [-0.2, 0) is 16.1 Å². The number of hydrogen-bond donors (Lipinski definition) is 0. The molecule has 0 aromatic heterocycles. The molecule has 8 unspecified atom stereocenters. The first-order valence-corrected chi connectivity index (χ1v) is 12.6. The van der Waals surface area contributed by atoms with Crippen molar-refractivity contribution in [2.24, 2.45) is 9.98 Å². The van der Waals surface area contributed by atoms with Crippen LogP contribution in [0, 0.1) is 0 Å². The summed E-state index contributed by atoms with van der Waals surface area (Å²) in [5.74, 6) is 0. The van der Waals surface area contributed by atoms with E-state index in [2.05, 4.69) is 9.98 Å². The second-order valence-electron chi connectivity index (χ2n) is 10.1. The molecule has 10 rings (SSSR count). The fourth-order valence-electron chi connectivity index (χ4n) is 17.0. The molecular weight excluding hydrogens is 260 g/mol. The molecule has 10 aliphatic rings. The second kappa shape index (κ2) is 0.439. The number of aliphatic imine (C=N–C) groups is 2. The molecule has 10 fully saturated rings. The Morgan fingerprint density at radius 2 is 1.12 bits per heavy atom. The Morgan fingerprint density at radius 1 is 0.765 bits per heavy atom. The topological polar surface area (TPSA) is 58.9 Å². The van der Waals surface area contributed by atoms with Gasteiger partial charge in [0.1, 0.15) is 0 Å². The summed E-state index contributed by atoms with van der Waals surface area (Å²) >= 11 is 0. The van der Waals surface area contributed by atoms with E-state index in [1.807, 2.05) is 12.2 Å². The Balaban J connectivity index is 1.78. The van der Waals surface area contributed by atoms with E-state index in [4.69, 9.17) is 0 Å². The quantitative estimate of drug-likeness (QED) is 0.436. The first-order chi connectivity index (χ1) is 8.05. The van der Waals surface area contributed by atoms with Gasteiger partial charge in [-0.3, -0.25) is 0 Å². The fourth-order valence-corrected chi connectivity index (χ4v) is 89.9. The molecule has 0 N–H and O–H groups in total. The Bertz CT molecular complexity index is 1060. The van der Waals surface area contributed by atoms with Crippen LogP contribution in [-0.4, -0.2) is 21.0 Å². The van der Waals surface area contributed by atoms with E-state index in [1.165, 1.54) is 0 Å². The fraction of sp³-hybridized carbons (Fsp3) is 0.833. The second-order valence-corrected chi connectivity index (χ2v) is 33.2. The zero-order valence-corrected chi connectivity index (χ0v) is 9.79. The summed E-state index contributed by atoms with van der Waals surface area (Å²) in [5, 5.41) is 0. The number of nitrogens with zero attached hydrogens (tertiary/aromatic N) is 2. The third-order valence-electron chi connectivity index (χ3n) is 15.1. The van der Waals surface area contributed by atoms with Crippen molar-refractivity contribution in [3.8, 4) is 0 Å². The molecule has 0 bridgehead atoms. The molecule has 0 aromatic carbocycles. The Labute approximate surface area is 85.9 Å². The Hall–Kier alpha value is -0.721. The van der Waals surface area contributed by atoms with Gasteiger partial charge in [-0.05, 0) is 0 Å². The molecule has 4 nitrogen and oxygen atoms in total. The van der Waals surface area contributed by atoms with Crippen LogP contribution in [0.25, 0.3) is 0 Å². The molecule has 86 valence electrons. The van der Waals surface area contributed by atoms with E-state index in [-0.39, 0.29) is 8.87 Å². The van der Waals surface area contributed by atoms with Crippen LogP contribution in [0.1, 0.15) is 0 Å². The number of isocyanates is 2. The van der Waals surface area contributed by atoms with Crippen LogP contribution in [0.15, 0.2) is 9.98 Å². The molecule has 0 radical (unpaired) electrons. The van der Waals surface area contributed by atoms with E-state index < -0.39 is 6.51 Å². The molecule has 0 aliphatic carbocycles. The monoisotopic (exact) mass is 268 g/mol. The van der Waals surface area contributed by atoms with E-state index in [1.54, 1.807) is 0 Å². The average Bonchev–Trinajstić information content (AvgIpc) is 3.24. The molecule has 10 aliphatic heterocycles. The van der Waals surface area contributed by atoms with Gasteiger partial charge < -0.3 is 0 Å². The van der Waals surface area contributed by atoms with Crippen LogP contribution in [0.4, 0.5) is 0 Å². The maximum atomic E-state index is 10.9.